The van der Waals surface area contributed by atoms with Crippen molar-refractivity contribution in [1.29, 1.82) is 0 Å². The molecule has 0 aromatic carbocycles. The number of halogens is 1. The second kappa shape index (κ2) is 4.35. The summed E-state index contributed by atoms with van der Waals surface area (Å²) >= 11 is 3.07. The molecule has 0 fully saturated rings. The number of carboxylic acid groups (broad SMARTS) is 1. The normalized spacial score (nSPS) is 9.80. The molecule has 0 atom stereocenters. The summed E-state index contributed by atoms with van der Waals surface area (Å²) in [7, 11) is 0. The molecule has 1 aromatic rings. The van der Waals surface area contributed by atoms with Crippen molar-refractivity contribution in [3.8, 4) is 0 Å². The predicted molar refractivity (Wildman–Crippen MR) is 55.7 cm³/mol. The molecule has 0 saturated heterocycles. The summed E-state index contributed by atoms with van der Waals surface area (Å²) in [6.45, 7) is 2.92. The summed E-state index contributed by atoms with van der Waals surface area (Å²) in [5.74, 6) is -1.68. The molecule has 80 valence electrons. The van der Waals surface area contributed by atoms with E-state index in [9.17, 15) is 9.59 Å². The van der Waals surface area contributed by atoms with Gasteiger partial charge in [-0.05, 0) is 22.9 Å². The molecule has 15 heavy (non-hydrogen) atoms. The molecule has 0 spiro atoms. The minimum atomic E-state index is -1.24. The van der Waals surface area contributed by atoms with Crippen LogP contribution in [0.2, 0.25) is 0 Å². The fraction of sp³-hybridized carbons (Fsp3) is 0.250. The van der Waals surface area contributed by atoms with Gasteiger partial charge in [0.15, 0.2) is 11.5 Å². The Balaban J connectivity index is 3.28. The molecule has 1 rings (SSSR count). The second-order valence-electron chi connectivity index (χ2n) is 2.78. The number of aryl methyl sites for hydroxylation is 1. The lowest BCUT2D eigenvalue weighted by Gasteiger charge is -2.06. The van der Waals surface area contributed by atoms with E-state index in [1.165, 1.54) is 6.92 Å². The maximum absolute atomic E-state index is 10.8. The van der Waals surface area contributed by atoms with E-state index in [2.05, 4.69) is 31.2 Å². The summed E-state index contributed by atoms with van der Waals surface area (Å²) in [5.41, 5.74) is 0.214. The van der Waals surface area contributed by atoms with Gasteiger partial charge in [-0.1, -0.05) is 0 Å². The SMILES string of the molecule is CC(=O)Nc1nc(C)c(Br)nc1C(=O)O. The Kier molecular flexibility index (Phi) is 3.35. The van der Waals surface area contributed by atoms with Crippen LogP contribution in [0, 0.1) is 6.92 Å². The number of amides is 1. The first-order valence-electron chi connectivity index (χ1n) is 3.97. The molecule has 1 heterocycles. The number of rotatable bonds is 2. The number of aromatic nitrogens is 2. The quantitative estimate of drug-likeness (QED) is 0.845. The predicted octanol–water partition coefficient (Wildman–Crippen LogP) is 1.20. The number of anilines is 1. The number of nitrogens with zero attached hydrogens (tertiary/aromatic N) is 2. The van der Waals surface area contributed by atoms with Gasteiger partial charge in [-0.2, -0.15) is 0 Å². The fourth-order valence-corrected chi connectivity index (χ4v) is 1.17. The van der Waals surface area contributed by atoms with Gasteiger partial charge in [0, 0.05) is 6.92 Å². The van der Waals surface area contributed by atoms with Crippen molar-refractivity contribution in [2.24, 2.45) is 0 Å². The third-order valence-electron chi connectivity index (χ3n) is 1.51. The van der Waals surface area contributed by atoms with Crippen LogP contribution in [0.3, 0.4) is 0 Å². The molecule has 0 aliphatic heterocycles. The molecule has 2 N–H and O–H groups in total. The van der Waals surface area contributed by atoms with Crippen LogP contribution in [0.1, 0.15) is 23.1 Å². The summed E-state index contributed by atoms with van der Waals surface area (Å²) in [5, 5.41) is 11.1. The van der Waals surface area contributed by atoms with Crippen LogP contribution >= 0.6 is 15.9 Å². The van der Waals surface area contributed by atoms with Gasteiger partial charge in [0.25, 0.3) is 0 Å². The van der Waals surface area contributed by atoms with Gasteiger partial charge in [0.1, 0.15) is 4.60 Å². The van der Waals surface area contributed by atoms with E-state index >= 15 is 0 Å². The number of hydrogen-bond acceptors (Lipinski definition) is 4. The van der Waals surface area contributed by atoms with Crippen molar-refractivity contribution >= 4 is 33.6 Å². The lowest BCUT2D eigenvalue weighted by Crippen LogP contribution is -2.15. The van der Waals surface area contributed by atoms with Crippen LogP contribution in [-0.4, -0.2) is 27.0 Å². The molecular weight excluding hydrogens is 266 g/mol. The molecule has 0 bridgehead atoms. The van der Waals surface area contributed by atoms with Gasteiger partial charge in [0.05, 0.1) is 5.69 Å². The first-order valence-corrected chi connectivity index (χ1v) is 4.76. The number of nitrogens with one attached hydrogen (secondary N) is 1. The molecular formula is C8H8BrN3O3. The smallest absolute Gasteiger partial charge is 0.358 e. The average Bonchev–Trinajstić information content (AvgIpc) is 2.09. The highest BCUT2D eigenvalue weighted by Gasteiger charge is 2.16. The first-order chi connectivity index (χ1) is 6.91. The molecule has 7 heteroatoms. The van der Waals surface area contributed by atoms with Crippen molar-refractivity contribution in [2.45, 2.75) is 13.8 Å². The minimum absolute atomic E-state index is 0.0456. The van der Waals surface area contributed by atoms with Crippen LogP contribution in [0.4, 0.5) is 5.82 Å². The second-order valence-corrected chi connectivity index (χ2v) is 3.53. The van der Waals surface area contributed by atoms with E-state index in [1.54, 1.807) is 6.92 Å². The van der Waals surface area contributed by atoms with Crippen LogP contribution in [-0.2, 0) is 4.79 Å². The number of carbonyl (C=O) groups is 2. The van der Waals surface area contributed by atoms with Gasteiger partial charge in [-0.15, -0.1) is 0 Å². The van der Waals surface area contributed by atoms with Crippen molar-refractivity contribution in [3.05, 3.63) is 16.0 Å². The molecule has 1 amide bonds. The molecule has 1 aromatic heterocycles. The molecule has 6 nitrogen and oxygen atoms in total. The standard InChI is InChI=1S/C8H8BrN3O3/c1-3-6(9)12-5(8(14)15)7(10-3)11-4(2)13/h1-2H3,(H,14,15)(H,10,11,13). The molecule has 0 unspecified atom stereocenters. The molecule has 0 aliphatic carbocycles. The van der Waals surface area contributed by atoms with Crippen molar-refractivity contribution in [2.75, 3.05) is 5.32 Å². The van der Waals surface area contributed by atoms with Crippen LogP contribution in [0.5, 0.6) is 0 Å². The number of carboxylic acids is 1. The lowest BCUT2D eigenvalue weighted by atomic mass is 10.3. The topological polar surface area (TPSA) is 92.2 Å². The molecule has 0 radical (unpaired) electrons. The minimum Gasteiger partial charge on any atom is -0.476 e. The average molecular weight is 274 g/mol. The third-order valence-corrected chi connectivity index (χ3v) is 2.26. The molecule has 0 saturated carbocycles. The maximum atomic E-state index is 10.8. The highest BCUT2D eigenvalue weighted by Crippen LogP contribution is 2.17. The summed E-state index contributed by atoms with van der Waals surface area (Å²) in [4.78, 5) is 29.3. The highest BCUT2D eigenvalue weighted by molar-refractivity contribution is 9.10. The number of aromatic carboxylic acids is 1. The fourth-order valence-electron chi connectivity index (χ4n) is 0.902. The zero-order chi connectivity index (χ0) is 11.6. The first kappa shape index (κ1) is 11.6. The summed E-state index contributed by atoms with van der Waals surface area (Å²) in [6.07, 6.45) is 0. The Labute approximate surface area is 93.9 Å². The van der Waals surface area contributed by atoms with Gasteiger partial charge in [-0.3, -0.25) is 4.79 Å². The Hall–Kier alpha value is -1.50. The van der Waals surface area contributed by atoms with Crippen LogP contribution in [0.25, 0.3) is 0 Å². The number of carbonyl (C=O) groups excluding carboxylic acids is 1. The van der Waals surface area contributed by atoms with E-state index in [-0.39, 0.29) is 11.5 Å². The van der Waals surface area contributed by atoms with Crippen LogP contribution in [0.15, 0.2) is 4.60 Å². The Morgan fingerprint density at radius 1 is 1.40 bits per heavy atom. The summed E-state index contributed by atoms with van der Waals surface area (Å²) < 4.78 is 0.342. The van der Waals surface area contributed by atoms with Crippen molar-refractivity contribution in [3.63, 3.8) is 0 Å². The van der Waals surface area contributed by atoms with Gasteiger partial charge < -0.3 is 10.4 Å². The summed E-state index contributed by atoms with van der Waals surface area (Å²) in [6, 6.07) is 0. The van der Waals surface area contributed by atoms with E-state index in [0.717, 1.165) is 0 Å². The van der Waals surface area contributed by atoms with E-state index in [0.29, 0.717) is 10.3 Å². The highest BCUT2D eigenvalue weighted by atomic mass is 79.9. The maximum Gasteiger partial charge on any atom is 0.358 e. The van der Waals surface area contributed by atoms with E-state index in [4.69, 9.17) is 5.11 Å². The monoisotopic (exact) mass is 273 g/mol. The van der Waals surface area contributed by atoms with Gasteiger partial charge >= 0.3 is 5.97 Å². The number of hydrogen-bond donors (Lipinski definition) is 2. The Bertz CT molecular complexity index is 433. The lowest BCUT2D eigenvalue weighted by molar-refractivity contribution is -0.114. The zero-order valence-electron chi connectivity index (χ0n) is 8.04. The zero-order valence-corrected chi connectivity index (χ0v) is 9.62. The van der Waals surface area contributed by atoms with Gasteiger partial charge in [0.2, 0.25) is 5.91 Å². The Morgan fingerprint density at radius 3 is 2.47 bits per heavy atom. The Morgan fingerprint density at radius 2 is 2.00 bits per heavy atom. The van der Waals surface area contributed by atoms with Gasteiger partial charge in [-0.25, -0.2) is 14.8 Å². The van der Waals surface area contributed by atoms with Crippen molar-refractivity contribution in [1.82, 2.24) is 9.97 Å². The largest absolute Gasteiger partial charge is 0.476 e. The van der Waals surface area contributed by atoms with E-state index in [1.807, 2.05) is 0 Å². The van der Waals surface area contributed by atoms with Crippen LogP contribution < -0.4 is 5.32 Å². The third kappa shape index (κ3) is 2.72. The van der Waals surface area contributed by atoms with E-state index < -0.39 is 11.9 Å². The van der Waals surface area contributed by atoms with Crippen molar-refractivity contribution < 1.29 is 14.7 Å². The molecule has 0 aliphatic rings.